The van der Waals surface area contributed by atoms with Gasteiger partial charge in [0.05, 0.1) is 15.0 Å². The van der Waals surface area contributed by atoms with Crippen molar-refractivity contribution in [3.8, 4) is 0 Å². The molecule has 1 amide bonds. The van der Waals surface area contributed by atoms with Gasteiger partial charge in [-0.15, -0.1) is 0 Å². The summed E-state index contributed by atoms with van der Waals surface area (Å²) in [7, 11) is 0. The molecule has 0 saturated carbocycles. The number of nitrogens with one attached hydrogen (secondary N) is 1. The van der Waals surface area contributed by atoms with Gasteiger partial charge in [-0.3, -0.25) is 19.6 Å². The molecule has 25 heavy (non-hydrogen) atoms. The van der Waals surface area contributed by atoms with E-state index in [0.717, 1.165) is 6.20 Å². The smallest absolute Gasteiger partial charge is 0.307 e. The second kappa shape index (κ2) is 6.91. The number of hydrogen-bond donors (Lipinski definition) is 1. The zero-order valence-electron chi connectivity index (χ0n) is 12.5. The summed E-state index contributed by atoms with van der Waals surface area (Å²) in [5.74, 6) is -0.427. The Hall–Kier alpha value is -2.91. The quantitative estimate of drug-likeness (QED) is 0.540. The first-order valence-corrected chi connectivity index (χ1v) is 7.64. The highest BCUT2D eigenvalue weighted by molar-refractivity contribution is 6.42. The molecule has 128 valence electrons. The summed E-state index contributed by atoms with van der Waals surface area (Å²) in [6, 6.07) is 6.24. The Morgan fingerprint density at radius 3 is 2.72 bits per heavy atom. The lowest BCUT2D eigenvalue weighted by Crippen LogP contribution is -2.15. The van der Waals surface area contributed by atoms with Crippen LogP contribution >= 0.6 is 23.2 Å². The van der Waals surface area contributed by atoms with E-state index in [1.54, 1.807) is 18.3 Å². The Balaban J connectivity index is 1.68. The lowest BCUT2D eigenvalue weighted by Gasteiger charge is -2.05. The minimum absolute atomic E-state index is 0.121. The van der Waals surface area contributed by atoms with Crippen LogP contribution in [0.4, 0.5) is 11.4 Å². The first-order chi connectivity index (χ1) is 11.9. The highest BCUT2D eigenvalue weighted by Gasteiger charge is 2.12. The number of rotatable bonds is 5. The van der Waals surface area contributed by atoms with E-state index < -0.39 is 10.8 Å². The van der Waals surface area contributed by atoms with Crippen LogP contribution in [0.3, 0.4) is 0 Å². The van der Waals surface area contributed by atoms with E-state index in [1.807, 2.05) is 0 Å². The van der Waals surface area contributed by atoms with Crippen LogP contribution in [-0.2, 0) is 6.67 Å². The third-order valence-corrected chi connectivity index (χ3v) is 3.91. The average molecular weight is 381 g/mol. The van der Waals surface area contributed by atoms with Gasteiger partial charge in [-0.2, -0.15) is 10.2 Å². The van der Waals surface area contributed by atoms with E-state index in [-0.39, 0.29) is 18.1 Å². The molecule has 0 fully saturated rings. The van der Waals surface area contributed by atoms with Crippen molar-refractivity contribution in [2.75, 3.05) is 5.32 Å². The van der Waals surface area contributed by atoms with Gasteiger partial charge in [0.15, 0.2) is 5.69 Å². The number of carbonyl (C=O) groups excluding carboxylic acids is 1. The first kappa shape index (κ1) is 16.9. The number of amides is 1. The molecule has 1 N–H and O–H groups in total. The fraction of sp³-hybridized carbons (Fsp3) is 0.0714. The molecule has 0 spiro atoms. The average Bonchev–Trinajstić information content (AvgIpc) is 3.21. The van der Waals surface area contributed by atoms with Crippen LogP contribution in [-0.4, -0.2) is 30.4 Å². The molecule has 0 radical (unpaired) electrons. The molecule has 2 heterocycles. The first-order valence-electron chi connectivity index (χ1n) is 6.89. The molecule has 0 saturated heterocycles. The predicted octanol–water partition coefficient (Wildman–Crippen LogP) is 3.05. The number of aromatic nitrogens is 4. The maximum atomic E-state index is 12.2. The van der Waals surface area contributed by atoms with Crippen molar-refractivity contribution in [1.29, 1.82) is 0 Å². The molecule has 3 rings (SSSR count). The zero-order chi connectivity index (χ0) is 18.0. The monoisotopic (exact) mass is 380 g/mol. The van der Waals surface area contributed by atoms with E-state index in [0.29, 0.717) is 15.7 Å². The largest absolute Gasteiger partial charge is 0.321 e. The molecule has 0 aliphatic carbocycles. The van der Waals surface area contributed by atoms with Crippen molar-refractivity contribution in [2.24, 2.45) is 0 Å². The Morgan fingerprint density at radius 1 is 1.24 bits per heavy atom. The maximum absolute atomic E-state index is 12.2. The summed E-state index contributed by atoms with van der Waals surface area (Å²) in [6.45, 7) is 0.133. The normalized spacial score (nSPS) is 10.6. The minimum Gasteiger partial charge on any atom is -0.321 e. The Morgan fingerprint density at radius 2 is 2.04 bits per heavy atom. The second-order valence-corrected chi connectivity index (χ2v) is 5.77. The van der Waals surface area contributed by atoms with Crippen molar-refractivity contribution in [2.45, 2.75) is 6.67 Å². The highest BCUT2D eigenvalue weighted by Crippen LogP contribution is 2.25. The van der Waals surface area contributed by atoms with Crippen LogP contribution in [0.25, 0.3) is 0 Å². The summed E-state index contributed by atoms with van der Waals surface area (Å²) in [4.78, 5) is 22.3. The number of halogens is 2. The van der Waals surface area contributed by atoms with Gasteiger partial charge >= 0.3 is 5.69 Å². The second-order valence-electron chi connectivity index (χ2n) is 4.96. The standard InChI is InChI=1S/C14H10Cl2N6O3/c15-11-2-1-9(5-12(11)16)18-14(23)13-3-4-20(19-13)8-21-7-10(6-17-21)22(24)25/h1-7H,8H2,(H,18,23). The van der Waals surface area contributed by atoms with Crippen molar-refractivity contribution in [3.63, 3.8) is 0 Å². The van der Waals surface area contributed by atoms with Gasteiger partial charge in [-0.25, -0.2) is 4.68 Å². The molecule has 0 aliphatic heterocycles. The maximum Gasteiger partial charge on any atom is 0.307 e. The highest BCUT2D eigenvalue weighted by atomic mass is 35.5. The minimum atomic E-state index is -0.539. The zero-order valence-corrected chi connectivity index (χ0v) is 14.0. The van der Waals surface area contributed by atoms with Crippen molar-refractivity contribution < 1.29 is 9.72 Å². The predicted molar refractivity (Wildman–Crippen MR) is 90.9 cm³/mol. The molecule has 0 unspecified atom stereocenters. The van der Waals surface area contributed by atoms with Crippen LogP contribution in [0.5, 0.6) is 0 Å². The van der Waals surface area contributed by atoms with E-state index >= 15 is 0 Å². The summed E-state index contributed by atoms with van der Waals surface area (Å²) in [6.07, 6.45) is 3.98. The number of nitrogens with zero attached hydrogens (tertiary/aromatic N) is 5. The number of anilines is 1. The molecule has 11 heteroatoms. The number of benzene rings is 1. The summed E-state index contributed by atoms with van der Waals surface area (Å²) < 4.78 is 2.77. The molecular formula is C14H10Cl2N6O3. The van der Waals surface area contributed by atoms with Gasteiger partial charge in [0.1, 0.15) is 19.1 Å². The van der Waals surface area contributed by atoms with Gasteiger partial charge in [0, 0.05) is 11.9 Å². The van der Waals surface area contributed by atoms with Gasteiger partial charge in [-0.05, 0) is 24.3 Å². The number of carbonyl (C=O) groups is 1. The molecular weight excluding hydrogens is 371 g/mol. The van der Waals surface area contributed by atoms with Gasteiger partial charge < -0.3 is 5.32 Å². The fourth-order valence-corrected chi connectivity index (χ4v) is 2.30. The van der Waals surface area contributed by atoms with E-state index in [1.165, 1.54) is 27.7 Å². The molecule has 2 aromatic heterocycles. The van der Waals surface area contributed by atoms with Gasteiger partial charge in [0.2, 0.25) is 0 Å². The summed E-state index contributed by atoms with van der Waals surface area (Å²) >= 11 is 11.7. The molecule has 0 bridgehead atoms. The van der Waals surface area contributed by atoms with Crippen LogP contribution < -0.4 is 5.32 Å². The topological polar surface area (TPSA) is 108 Å². The van der Waals surface area contributed by atoms with Crippen molar-refractivity contribution in [3.05, 3.63) is 68.7 Å². The van der Waals surface area contributed by atoms with E-state index in [9.17, 15) is 14.9 Å². The Bertz CT molecular complexity index is 952. The van der Waals surface area contributed by atoms with Crippen LogP contribution in [0.15, 0.2) is 42.9 Å². The van der Waals surface area contributed by atoms with Crippen LogP contribution in [0.1, 0.15) is 10.5 Å². The third kappa shape index (κ3) is 3.95. The Labute approximate surface area is 150 Å². The third-order valence-electron chi connectivity index (χ3n) is 3.17. The molecule has 1 aromatic carbocycles. The Kier molecular flexibility index (Phi) is 4.68. The molecule has 0 aliphatic rings. The van der Waals surface area contributed by atoms with E-state index in [4.69, 9.17) is 23.2 Å². The lowest BCUT2D eigenvalue weighted by molar-refractivity contribution is -0.385. The van der Waals surface area contributed by atoms with Crippen molar-refractivity contribution >= 4 is 40.5 Å². The molecule has 3 aromatic rings. The van der Waals surface area contributed by atoms with E-state index in [2.05, 4.69) is 15.5 Å². The summed E-state index contributed by atoms with van der Waals surface area (Å²) in [5, 5.41) is 22.0. The van der Waals surface area contributed by atoms with Crippen molar-refractivity contribution in [1.82, 2.24) is 19.6 Å². The SMILES string of the molecule is O=C(Nc1ccc(Cl)c(Cl)c1)c1ccn(Cn2cc([N+](=O)[O-])cn2)n1. The van der Waals surface area contributed by atoms with Gasteiger partial charge in [0.25, 0.3) is 5.91 Å². The van der Waals surface area contributed by atoms with Gasteiger partial charge in [-0.1, -0.05) is 23.2 Å². The number of nitro groups is 1. The van der Waals surface area contributed by atoms with Crippen LogP contribution in [0, 0.1) is 10.1 Å². The summed E-state index contributed by atoms with van der Waals surface area (Å²) in [5.41, 5.74) is 0.536. The van der Waals surface area contributed by atoms with Crippen LogP contribution in [0.2, 0.25) is 10.0 Å². The fourth-order valence-electron chi connectivity index (χ4n) is 2.00. The molecule has 0 atom stereocenters. The lowest BCUT2D eigenvalue weighted by atomic mass is 10.3. The number of hydrogen-bond acceptors (Lipinski definition) is 5. The molecule has 9 nitrogen and oxygen atoms in total.